The first-order chi connectivity index (χ1) is 10.3. The van der Waals surface area contributed by atoms with Crippen LogP contribution in [0.1, 0.15) is 30.1 Å². The molecule has 0 unspecified atom stereocenters. The third-order valence-electron chi connectivity index (χ3n) is 4.14. The normalized spacial score (nSPS) is 19.9. The highest BCUT2D eigenvalue weighted by Crippen LogP contribution is 2.33. The first-order valence-electron chi connectivity index (χ1n) is 7.53. The smallest absolute Gasteiger partial charge is 0.255 e. The molecule has 5 heteroatoms. The van der Waals surface area contributed by atoms with E-state index in [0.717, 1.165) is 26.1 Å². The van der Waals surface area contributed by atoms with Crippen LogP contribution in [0.15, 0.2) is 18.2 Å². The van der Waals surface area contributed by atoms with E-state index in [1.807, 2.05) is 12.1 Å². The molecule has 3 rings (SSSR count). The van der Waals surface area contributed by atoms with Crippen molar-refractivity contribution in [1.29, 1.82) is 0 Å². The lowest BCUT2D eigenvalue weighted by Crippen LogP contribution is -2.40. The van der Waals surface area contributed by atoms with Crippen LogP contribution in [0.3, 0.4) is 0 Å². The second kappa shape index (κ2) is 6.35. The molecule has 1 atom stereocenters. The molecule has 0 aromatic heterocycles. The Morgan fingerprint density at radius 3 is 2.76 bits per heavy atom. The minimum Gasteiger partial charge on any atom is -0.486 e. The predicted octanol–water partition coefficient (Wildman–Crippen LogP) is 2.00. The fraction of sp³-hybridized carbons (Fsp3) is 0.562. The van der Waals surface area contributed by atoms with E-state index >= 15 is 0 Å². The van der Waals surface area contributed by atoms with Crippen molar-refractivity contribution < 1.29 is 19.0 Å². The Balaban J connectivity index is 1.70. The molecular weight excluding hydrogens is 270 g/mol. The third kappa shape index (κ3) is 3.13. The van der Waals surface area contributed by atoms with Gasteiger partial charge in [0.1, 0.15) is 13.2 Å². The number of benzene rings is 1. The van der Waals surface area contributed by atoms with Crippen LogP contribution >= 0.6 is 0 Å². The molecule has 21 heavy (non-hydrogen) atoms. The van der Waals surface area contributed by atoms with Crippen molar-refractivity contribution in [3.05, 3.63) is 23.8 Å². The average molecular weight is 291 g/mol. The van der Waals surface area contributed by atoms with Crippen LogP contribution in [-0.4, -0.2) is 38.4 Å². The van der Waals surface area contributed by atoms with Gasteiger partial charge in [0.25, 0.3) is 5.91 Å². The molecule has 0 spiro atoms. The number of amides is 1. The number of hydrogen-bond acceptors (Lipinski definition) is 4. The number of fused-ring (bicyclic) bond motifs is 1. The second-order valence-electron chi connectivity index (χ2n) is 5.54. The van der Waals surface area contributed by atoms with Crippen molar-refractivity contribution in [2.24, 2.45) is 5.92 Å². The summed E-state index contributed by atoms with van der Waals surface area (Å²) in [6.45, 7) is 4.62. The van der Waals surface area contributed by atoms with E-state index in [9.17, 15) is 4.79 Å². The molecule has 2 aliphatic rings. The van der Waals surface area contributed by atoms with E-state index in [1.165, 1.54) is 0 Å². The molecular formula is C16H21NO4. The van der Waals surface area contributed by atoms with Crippen molar-refractivity contribution >= 4 is 5.91 Å². The Hall–Kier alpha value is -1.75. The summed E-state index contributed by atoms with van der Waals surface area (Å²) in [7, 11) is 0. The molecule has 114 valence electrons. The largest absolute Gasteiger partial charge is 0.486 e. The predicted molar refractivity (Wildman–Crippen MR) is 77.9 cm³/mol. The number of ether oxygens (including phenoxy) is 3. The van der Waals surface area contributed by atoms with Crippen molar-refractivity contribution in [1.82, 2.24) is 5.32 Å². The molecule has 1 aromatic rings. The van der Waals surface area contributed by atoms with Gasteiger partial charge in [-0.05, 0) is 37.8 Å². The van der Waals surface area contributed by atoms with Gasteiger partial charge in [0.05, 0.1) is 5.56 Å². The topological polar surface area (TPSA) is 56.8 Å². The van der Waals surface area contributed by atoms with Gasteiger partial charge in [-0.3, -0.25) is 4.79 Å². The Morgan fingerprint density at radius 1 is 1.19 bits per heavy atom. The fourth-order valence-electron chi connectivity index (χ4n) is 2.87. The zero-order chi connectivity index (χ0) is 14.7. The lowest BCUT2D eigenvalue weighted by molar-refractivity contribution is 0.0537. The third-order valence-corrected chi connectivity index (χ3v) is 4.14. The lowest BCUT2D eigenvalue weighted by atomic mass is 9.92. The molecule has 1 fully saturated rings. The van der Waals surface area contributed by atoms with Gasteiger partial charge < -0.3 is 19.5 Å². The molecule has 2 aliphatic heterocycles. The van der Waals surface area contributed by atoms with Crippen LogP contribution in [0.4, 0.5) is 0 Å². The van der Waals surface area contributed by atoms with Gasteiger partial charge in [0.15, 0.2) is 11.5 Å². The Bertz CT molecular complexity index is 511. The monoisotopic (exact) mass is 291 g/mol. The van der Waals surface area contributed by atoms with Crippen LogP contribution in [0.5, 0.6) is 11.5 Å². The van der Waals surface area contributed by atoms with E-state index in [0.29, 0.717) is 36.2 Å². The fourth-order valence-corrected chi connectivity index (χ4v) is 2.87. The zero-order valence-corrected chi connectivity index (χ0v) is 12.3. The molecule has 1 aromatic carbocycles. The minimum absolute atomic E-state index is 0.101. The molecule has 0 radical (unpaired) electrons. The maximum Gasteiger partial charge on any atom is 0.255 e. The highest BCUT2D eigenvalue weighted by atomic mass is 16.6. The molecule has 2 heterocycles. The quantitative estimate of drug-likeness (QED) is 0.925. The summed E-state index contributed by atoms with van der Waals surface area (Å²) in [6, 6.07) is 5.55. The molecule has 1 saturated heterocycles. The average Bonchev–Trinajstić information content (AvgIpc) is 2.55. The number of rotatable bonds is 3. The maximum atomic E-state index is 12.5. The van der Waals surface area contributed by atoms with Crippen molar-refractivity contribution in [3.63, 3.8) is 0 Å². The van der Waals surface area contributed by atoms with Gasteiger partial charge in [-0.1, -0.05) is 6.07 Å². The Kier molecular flexibility index (Phi) is 4.29. The highest BCUT2D eigenvalue weighted by molar-refractivity contribution is 5.98. The highest BCUT2D eigenvalue weighted by Gasteiger charge is 2.25. The summed E-state index contributed by atoms with van der Waals surface area (Å²) >= 11 is 0. The van der Waals surface area contributed by atoms with E-state index in [4.69, 9.17) is 14.2 Å². The number of hydrogen-bond donors (Lipinski definition) is 1. The summed E-state index contributed by atoms with van der Waals surface area (Å²) in [5, 5.41) is 3.09. The van der Waals surface area contributed by atoms with Gasteiger partial charge in [-0.2, -0.15) is 0 Å². The summed E-state index contributed by atoms with van der Waals surface area (Å²) in [5.41, 5.74) is 0.547. The lowest BCUT2D eigenvalue weighted by Gasteiger charge is -2.29. The second-order valence-corrected chi connectivity index (χ2v) is 5.54. The van der Waals surface area contributed by atoms with Gasteiger partial charge in [0, 0.05) is 19.3 Å². The van der Waals surface area contributed by atoms with Crippen LogP contribution in [0.25, 0.3) is 0 Å². The zero-order valence-electron chi connectivity index (χ0n) is 12.3. The van der Waals surface area contributed by atoms with E-state index in [1.54, 1.807) is 6.07 Å². The van der Waals surface area contributed by atoms with E-state index in [2.05, 4.69) is 12.2 Å². The molecule has 1 amide bonds. The Labute approximate surface area is 124 Å². The summed E-state index contributed by atoms with van der Waals surface area (Å²) in [6.07, 6.45) is 1.99. The SMILES string of the molecule is C[C@H](NC(=O)c1cccc2c1OCCO2)C1CCOCC1. The summed E-state index contributed by atoms with van der Waals surface area (Å²) in [4.78, 5) is 12.5. The maximum absolute atomic E-state index is 12.5. The van der Waals surface area contributed by atoms with Gasteiger partial charge >= 0.3 is 0 Å². The van der Waals surface area contributed by atoms with Crippen LogP contribution < -0.4 is 14.8 Å². The van der Waals surface area contributed by atoms with Crippen molar-refractivity contribution in [2.75, 3.05) is 26.4 Å². The molecule has 1 N–H and O–H groups in total. The standard InChI is InChI=1S/C16H21NO4/c1-11(12-5-7-19-8-6-12)17-16(18)13-3-2-4-14-15(13)21-10-9-20-14/h2-4,11-12H,5-10H2,1H3,(H,17,18)/t11-/m0/s1. The number of carbonyl (C=O) groups is 1. The molecule has 0 aliphatic carbocycles. The van der Waals surface area contributed by atoms with Crippen molar-refractivity contribution in [3.8, 4) is 11.5 Å². The van der Waals surface area contributed by atoms with E-state index in [-0.39, 0.29) is 11.9 Å². The minimum atomic E-state index is -0.101. The number of carbonyl (C=O) groups excluding carboxylic acids is 1. The Morgan fingerprint density at radius 2 is 1.95 bits per heavy atom. The van der Waals surface area contributed by atoms with Gasteiger partial charge in [0.2, 0.25) is 0 Å². The van der Waals surface area contributed by atoms with Crippen LogP contribution in [0.2, 0.25) is 0 Å². The molecule has 5 nitrogen and oxygen atoms in total. The number of nitrogens with one attached hydrogen (secondary N) is 1. The van der Waals surface area contributed by atoms with Gasteiger partial charge in [-0.25, -0.2) is 0 Å². The first-order valence-corrected chi connectivity index (χ1v) is 7.53. The molecule has 0 bridgehead atoms. The van der Waals surface area contributed by atoms with E-state index < -0.39 is 0 Å². The first kappa shape index (κ1) is 14.2. The van der Waals surface area contributed by atoms with Crippen molar-refractivity contribution in [2.45, 2.75) is 25.8 Å². The van der Waals surface area contributed by atoms with Crippen LogP contribution in [-0.2, 0) is 4.74 Å². The van der Waals surface area contributed by atoms with Crippen LogP contribution in [0, 0.1) is 5.92 Å². The number of para-hydroxylation sites is 1. The van der Waals surface area contributed by atoms with Gasteiger partial charge in [-0.15, -0.1) is 0 Å². The molecule has 0 saturated carbocycles. The summed E-state index contributed by atoms with van der Waals surface area (Å²) in [5.74, 6) is 1.57. The summed E-state index contributed by atoms with van der Waals surface area (Å²) < 4.78 is 16.5.